The first-order chi connectivity index (χ1) is 36.5. The van der Waals surface area contributed by atoms with Crippen LogP contribution in [0.5, 0.6) is 0 Å². The number of quaternary nitrogens is 1. The molecule has 0 radical (unpaired) electrons. The third-order valence-corrected chi connectivity index (χ3v) is 14.2. The van der Waals surface area contributed by atoms with Gasteiger partial charge < -0.3 is 19.8 Å². The van der Waals surface area contributed by atoms with Crippen molar-refractivity contribution in [2.45, 2.75) is 264 Å². The number of nitrogens with one attached hydrogen (secondary N) is 1. The van der Waals surface area contributed by atoms with Crippen LogP contribution in [0.15, 0.2) is 109 Å². The fourth-order valence-electron chi connectivity index (χ4n) is 8.43. The van der Waals surface area contributed by atoms with Gasteiger partial charge in [0.1, 0.15) is 13.2 Å². The summed E-state index contributed by atoms with van der Waals surface area (Å²) in [4.78, 5) is 23.3. The summed E-state index contributed by atoms with van der Waals surface area (Å²) in [6, 6.07) is -0.893. The zero-order valence-corrected chi connectivity index (χ0v) is 50.1. The molecule has 0 fully saturated rings. The lowest BCUT2D eigenvalue weighted by Crippen LogP contribution is -2.45. The second-order valence-electron chi connectivity index (χ2n) is 21.7. The number of phosphoric acid groups is 1. The largest absolute Gasteiger partial charge is 0.472 e. The highest BCUT2D eigenvalue weighted by atomic mass is 31.2. The molecule has 3 N–H and O–H groups in total. The maximum atomic E-state index is 13.0. The van der Waals surface area contributed by atoms with Gasteiger partial charge in [-0.15, -0.1) is 0 Å². The summed E-state index contributed by atoms with van der Waals surface area (Å²) in [6.07, 6.45) is 82.2. The fraction of sp³-hybridized carbons (Fsp3) is 0.712. The number of carbonyl (C=O) groups excluding carboxylic acids is 1. The van der Waals surface area contributed by atoms with Crippen LogP contribution < -0.4 is 5.32 Å². The Kier molecular flexibility index (Phi) is 53.8. The molecule has 0 heterocycles. The number of nitrogens with zero attached hydrogens (tertiary/aromatic N) is 1. The smallest absolute Gasteiger partial charge is 0.387 e. The van der Waals surface area contributed by atoms with E-state index in [4.69, 9.17) is 9.05 Å². The topological polar surface area (TPSA) is 105 Å². The highest BCUT2D eigenvalue weighted by Gasteiger charge is 2.27. The summed E-state index contributed by atoms with van der Waals surface area (Å²) >= 11 is 0. The van der Waals surface area contributed by atoms with E-state index in [1.54, 1.807) is 6.08 Å². The lowest BCUT2D eigenvalue weighted by Gasteiger charge is -2.25. The number of phosphoric ester groups is 1. The van der Waals surface area contributed by atoms with Gasteiger partial charge in [-0.3, -0.25) is 13.8 Å². The van der Waals surface area contributed by atoms with Crippen LogP contribution in [0.1, 0.15) is 251 Å². The zero-order chi connectivity index (χ0) is 54.9. The second-order valence-corrected chi connectivity index (χ2v) is 23.1. The molecular formula is C66H118N2O6P+. The molecule has 75 heavy (non-hydrogen) atoms. The van der Waals surface area contributed by atoms with Gasteiger partial charge in [0.25, 0.3) is 0 Å². The normalized spacial score (nSPS) is 14.6. The average Bonchev–Trinajstić information content (AvgIpc) is 3.37. The molecule has 0 aliphatic carbocycles. The summed E-state index contributed by atoms with van der Waals surface area (Å²) in [7, 11) is 1.51. The van der Waals surface area contributed by atoms with Gasteiger partial charge in [0, 0.05) is 6.42 Å². The molecule has 0 aromatic carbocycles. The van der Waals surface area contributed by atoms with Gasteiger partial charge in [0.2, 0.25) is 5.91 Å². The quantitative estimate of drug-likeness (QED) is 0.0243. The van der Waals surface area contributed by atoms with Crippen LogP contribution in [0.4, 0.5) is 0 Å². The number of amides is 1. The Labute approximate surface area is 463 Å². The number of unbranched alkanes of at least 4 members (excludes halogenated alkanes) is 26. The minimum absolute atomic E-state index is 0.0420. The number of aliphatic hydroxyl groups is 1. The van der Waals surface area contributed by atoms with Crippen molar-refractivity contribution in [2.24, 2.45) is 0 Å². The summed E-state index contributed by atoms with van der Waals surface area (Å²) in [5, 5.41) is 13.9. The van der Waals surface area contributed by atoms with Crippen LogP contribution in [0.25, 0.3) is 0 Å². The van der Waals surface area contributed by atoms with Crippen molar-refractivity contribution < 1.29 is 32.9 Å². The molecule has 0 aromatic rings. The minimum Gasteiger partial charge on any atom is -0.387 e. The average molecular weight is 1070 g/mol. The molecule has 0 saturated carbocycles. The second kappa shape index (κ2) is 55.9. The molecule has 432 valence electrons. The van der Waals surface area contributed by atoms with Crippen molar-refractivity contribution in [3.8, 4) is 0 Å². The number of likely N-dealkylation sites (N-methyl/N-ethyl adjacent to an activating group) is 1. The van der Waals surface area contributed by atoms with E-state index in [0.29, 0.717) is 17.4 Å². The molecule has 0 aliphatic heterocycles. The number of hydrogen-bond donors (Lipinski definition) is 3. The van der Waals surface area contributed by atoms with Gasteiger partial charge in [-0.1, -0.05) is 258 Å². The fourth-order valence-corrected chi connectivity index (χ4v) is 9.17. The molecule has 0 saturated heterocycles. The Morgan fingerprint density at radius 2 is 0.813 bits per heavy atom. The maximum absolute atomic E-state index is 13.0. The molecule has 0 aliphatic rings. The SMILES string of the molecule is CC/C=C\C/C=C\C/C=C\C/C=C\C/C=C\C/C=C\CCCCCCC(=O)NC(COP(=O)(O)OCC[N+](C)(C)C)C(O)/C=C/CC/C=C/CC/C=C/CCCCCCCCCCCCCCCCCCCCCC. The summed E-state index contributed by atoms with van der Waals surface area (Å²) < 4.78 is 23.7. The molecule has 0 spiro atoms. The summed E-state index contributed by atoms with van der Waals surface area (Å²) in [5.41, 5.74) is 0. The molecular weight excluding hydrogens is 948 g/mol. The summed E-state index contributed by atoms with van der Waals surface area (Å²) in [5.74, 6) is -0.218. The van der Waals surface area contributed by atoms with Crippen LogP contribution >= 0.6 is 7.82 Å². The van der Waals surface area contributed by atoms with Crippen LogP contribution in [0.2, 0.25) is 0 Å². The lowest BCUT2D eigenvalue weighted by molar-refractivity contribution is -0.870. The molecule has 0 aromatic heterocycles. The van der Waals surface area contributed by atoms with Crippen molar-refractivity contribution in [1.29, 1.82) is 0 Å². The maximum Gasteiger partial charge on any atom is 0.472 e. The zero-order valence-electron chi connectivity index (χ0n) is 49.3. The van der Waals surface area contributed by atoms with E-state index >= 15 is 0 Å². The number of allylic oxidation sites excluding steroid dienone is 17. The minimum atomic E-state index is -4.38. The first kappa shape index (κ1) is 72.2. The van der Waals surface area contributed by atoms with Crippen molar-refractivity contribution in [3.05, 3.63) is 109 Å². The van der Waals surface area contributed by atoms with Gasteiger partial charge in [-0.2, -0.15) is 0 Å². The number of aliphatic hydroxyl groups excluding tert-OH is 1. The molecule has 0 bridgehead atoms. The Hall–Kier alpha value is -2.84. The Morgan fingerprint density at radius 3 is 1.23 bits per heavy atom. The third kappa shape index (κ3) is 58.7. The summed E-state index contributed by atoms with van der Waals surface area (Å²) in [6.45, 7) is 4.66. The first-order valence-electron chi connectivity index (χ1n) is 30.8. The standard InChI is InChI=1S/C66H117N2O6P/c1-6-8-10-12-14-16-18-20-22-24-26-28-30-31-32-33-34-35-36-38-39-41-43-45-47-49-51-53-55-57-59-65(69)64(63-74-75(71,72)73-62-61-68(3,4)5)67-66(70)60-58-56-54-52-50-48-46-44-42-40-37-29-27-25-23-21-19-17-15-13-11-9-7-2/h9,11,15,17,21,23,27,29,40-43,46,48-49,51,57,59,64-65,69H,6-8,10,12-14,16,18-20,22,24-26,28,30-39,44-45,47,50,52-56,58,60-63H2,1-5H3,(H-,67,70,71,72)/p+1/b11-9-,17-15-,23-21-,29-27-,42-40-,43-41+,48-46-,51-49+,59-57+. The van der Waals surface area contributed by atoms with E-state index in [1.165, 1.54) is 135 Å². The molecule has 8 nitrogen and oxygen atoms in total. The van der Waals surface area contributed by atoms with E-state index in [-0.39, 0.29) is 19.1 Å². The highest BCUT2D eigenvalue weighted by Crippen LogP contribution is 2.43. The van der Waals surface area contributed by atoms with Crippen molar-refractivity contribution in [3.63, 3.8) is 0 Å². The molecule has 1 amide bonds. The van der Waals surface area contributed by atoms with E-state index < -0.39 is 20.0 Å². The number of rotatable bonds is 55. The van der Waals surface area contributed by atoms with Crippen LogP contribution in [-0.4, -0.2) is 73.4 Å². The molecule has 0 rings (SSSR count). The van der Waals surface area contributed by atoms with Gasteiger partial charge in [-0.05, 0) is 96.3 Å². The van der Waals surface area contributed by atoms with Crippen LogP contribution in [-0.2, 0) is 18.4 Å². The Bertz CT molecular complexity index is 1590. The van der Waals surface area contributed by atoms with E-state index in [0.717, 1.165) is 96.3 Å². The predicted octanol–water partition coefficient (Wildman–Crippen LogP) is 19.2. The molecule has 9 heteroatoms. The molecule has 3 atom stereocenters. The number of hydrogen-bond acceptors (Lipinski definition) is 5. The van der Waals surface area contributed by atoms with E-state index in [9.17, 15) is 19.4 Å². The Balaban J connectivity index is 4.30. The van der Waals surface area contributed by atoms with Gasteiger partial charge in [-0.25, -0.2) is 4.57 Å². The third-order valence-electron chi connectivity index (χ3n) is 13.2. The predicted molar refractivity (Wildman–Crippen MR) is 327 cm³/mol. The van der Waals surface area contributed by atoms with Gasteiger partial charge >= 0.3 is 7.82 Å². The number of carbonyl (C=O) groups is 1. The van der Waals surface area contributed by atoms with Crippen molar-refractivity contribution >= 4 is 13.7 Å². The van der Waals surface area contributed by atoms with Crippen molar-refractivity contribution in [2.75, 3.05) is 40.9 Å². The van der Waals surface area contributed by atoms with E-state index in [1.807, 2.05) is 27.2 Å². The highest BCUT2D eigenvalue weighted by molar-refractivity contribution is 7.47. The Morgan fingerprint density at radius 1 is 0.467 bits per heavy atom. The molecule has 3 unspecified atom stereocenters. The van der Waals surface area contributed by atoms with Crippen LogP contribution in [0, 0.1) is 0 Å². The van der Waals surface area contributed by atoms with E-state index in [2.05, 4.69) is 116 Å². The van der Waals surface area contributed by atoms with Gasteiger partial charge in [0.15, 0.2) is 0 Å². The monoisotopic (exact) mass is 1070 g/mol. The van der Waals surface area contributed by atoms with Crippen LogP contribution in [0.3, 0.4) is 0 Å². The lowest BCUT2D eigenvalue weighted by atomic mass is 10.0. The van der Waals surface area contributed by atoms with Gasteiger partial charge in [0.05, 0.1) is 39.9 Å². The first-order valence-corrected chi connectivity index (χ1v) is 32.3. The van der Waals surface area contributed by atoms with Crippen molar-refractivity contribution in [1.82, 2.24) is 5.32 Å².